The van der Waals surface area contributed by atoms with Crippen LogP contribution in [-0.2, 0) is 85.7 Å². The second-order valence-electron chi connectivity index (χ2n) is 10.1. The summed E-state index contributed by atoms with van der Waals surface area (Å²) in [5.41, 5.74) is 0. The average molecular weight is 665 g/mol. The molecule has 2 heterocycles. The third-order valence-electron chi connectivity index (χ3n) is 6.22. The Kier molecular flexibility index (Phi) is 14.8. The first kappa shape index (κ1) is 38.3. The number of ether oxygens (including phenoxy) is 11. The van der Waals surface area contributed by atoms with Crippen molar-refractivity contribution >= 4 is 41.8 Å². The fourth-order valence-corrected chi connectivity index (χ4v) is 4.77. The van der Waals surface area contributed by atoms with E-state index in [1.54, 1.807) is 6.92 Å². The van der Waals surface area contributed by atoms with Gasteiger partial charge in [-0.15, -0.1) is 0 Å². The fraction of sp³-hybridized carbons (Fsp3) is 0.750. The summed E-state index contributed by atoms with van der Waals surface area (Å²) < 4.78 is 61.2. The monoisotopic (exact) mass is 664 g/mol. The second-order valence-corrected chi connectivity index (χ2v) is 10.1. The molecule has 18 heteroatoms. The number of rotatable bonds is 13. The van der Waals surface area contributed by atoms with Gasteiger partial charge in [-0.2, -0.15) is 0 Å². The lowest BCUT2D eigenvalue weighted by Crippen LogP contribution is -2.67. The van der Waals surface area contributed by atoms with Crippen LogP contribution in [0.3, 0.4) is 0 Å². The van der Waals surface area contributed by atoms with Crippen LogP contribution in [0.25, 0.3) is 0 Å². The van der Waals surface area contributed by atoms with Crippen molar-refractivity contribution in [2.75, 3.05) is 19.8 Å². The van der Waals surface area contributed by atoms with Crippen LogP contribution in [0.15, 0.2) is 0 Å². The standard InChI is InChI=1S/C28H40O18/c1-9-36-27-25(42-17(7)34)24(41-16(6)33)22(20(44-27)11-38-13(3)30)46-28-26(43-18(8)35)23(40-15(5)32)21(39-14(4)31)19(45-28)10-37-12(2)29/h19-28H,9-11H2,1-8H3/t19-,20-,21-,22-,23+,24+,25-,26-,27-,28+/m1/s1. The predicted octanol–water partition coefficient (Wildman–Crippen LogP) is -0.357. The Morgan fingerprint density at radius 3 is 1.22 bits per heavy atom. The minimum Gasteiger partial charge on any atom is -0.463 e. The molecule has 18 nitrogen and oxygen atoms in total. The Morgan fingerprint density at radius 2 is 0.804 bits per heavy atom. The van der Waals surface area contributed by atoms with Gasteiger partial charge in [0, 0.05) is 55.1 Å². The van der Waals surface area contributed by atoms with Gasteiger partial charge in [0.05, 0.1) is 0 Å². The van der Waals surface area contributed by atoms with Gasteiger partial charge in [0.15, 0.2) is 43.1 Å². The third-order valence-corrected chi connectivity index (χ3v) is 6.22. The maximum absolute atomic E-state index is 12.3. The van der Waals surface area contributed by atoms with Crippen LogP contribution in [0.1, 0.15) is 55.4 Å². The van der Waals surface area contributed by atoms with E-state index >= 15 is 0 Å². The van der Waals surface area contributed by atoms with Crippen molar-refractivity contribution in [3.05, 3.63) is 0 Å². The fourth-order valence-electron chi connectivity index (χ4n) is 4.77. The highest BCUT2D eigenvalue weighted by Gasteiger charge is 2.57. The van der Waals surface area contributed by atoms with E-state index in [9.17, 15) is 33.6 Å². The van der Waals surface area contributed by atoms with E-state index in [4.69, 9.17) is 52.1 Å². The Labute approximate surface area is 264 Å². The number of carbonyl (C=O) groups excluding carboxylic acids is 7. The molecule has 0 radical (unpaired) electrons. The molecule has 2 rings (SSSR count). The molecule has 0 unspecified atom stereocenters. The molecule has 0 saturated carbocycles. The SMILES string of the molecule is CCO[C@@H]1O[C@H](COC(C)=O)[C@@H](O[C@@H]2O[C@H](COC(C)=O)[C@@H](OC(C)=O)[C@H](OC(C)=O)[C@H]2OC(C)=O)[C@H](OC(C)=O)[C@H]1OC(C)=O. The van der Waals surface area contributed by atoms with Gasteiger partial charge in [-0.05, 0) is 6.92 Å². The number of carbonyl (C=O) groups is 7. The molecule has 0 aromatic heterocycles. The van der Waals surface area contributed by atoms with Crippen LogP contribution in [0.2, 0.25) is 0 Å². The largest absolute Gasteiger partial charge is 0.463 e. The summed E-state index contributed by atoms with van der Waals surface area (Å²) in [5.74, 6) is -5.73. The molecule has 0 aliphatic carbocycles. The van der Waals surface area contributed by atoms with Gasteiger partial charge in [0.1, 0.15) is 31.5 Å². The summed E-state index contributed by atoms with van der Waals surface area (Å²) in [5, 5.41) is 0. The molecule has 2 saturated heterocycles. The van der Waals surface area contributed by atoms with Crippen molar-refractivity contribution in [1.82, 2.24) is 0 Å². The smallest absolute Gasteiger partial charge is 0.303 e. The van der Waals surface area contributed by atoms with E-state index in [-0.39, 0.29) is 6.61 Å². The summed E-state index contributed by atoms with van der Waals surface area (Å²) in [6.45, 7) is 8.16. The maximum Gasteiger partial charge on any atom is 0.303 e. The van der Waals surface area contributed by atoms with E-state index in [1.165, 1.54) is 0 Å². The molecule has 2 aliphatic heterocycles. The Morgan fingerprint density at radius 1 is 0.457 bits per heavy atom. The first-order valence-corrected chi connectivity index (χ1v) is 14.2. The van der Waals surface area contributed by atoms with Crippen LogP contribution in [0.5, 0.6) is 0 Å². The summed E-state index contributed by atoms with van der Waals surface area (Å²) in [7, 11) is 0. The molecule has 2 aliphatic rings. The Bertz CT molecular complexity index is 1120. The lowest BCUT2D eigenvalue weighted by Gasteiger charge is -2.48. The second kappa shape index (κ2) is 17.7. The van der Waals surface area contributed by atoms with Crippen molar-refractivity contribution in [2.24, 2.45) is 0 Å². The van der Waals surface area contributed by atoms with Gasteiger partial charge in [-0.3, -0.25) is 33.6 Å². The summed E-state index contributed by atoms with van der Waals surface area (Å²) in [6.07, 6.45) is -15.0. The number of hydrogen-bond donors (Lipinski definition) is 0. The summed E-state index contributed by atoms with van der Waals surface area (Å²) in [6, 6.07) is 0. The summed E-state index contributed by atoms with van der Waals surface area (Å²) in [4.78, 5) is 84.4. The van der Waals surface area contributed by atoms with Crippen LogP contribution < -0.4 is 0 Å². The highest BCUT2D eigenvalue weighted by Crippen LogP contribution is 2.35. The zero-order valence-corrected chi connectivity index (χ0v) is 26.7. The minimum atomic E-state index is -1.76. The Hall–Kier alpha value is -3.87. The van der Waals surface area contributed by atoms with E-state index in [0.29, 0.717) is 0 Å². The maximum atomic E-state index is 12.3. The quantitative estimate of drug-likeness (QED) is 0.181. The molecule has 2 fully saturated rings. The van der Waals surface area contributed by atoms with E-state index in [2.05, 4.69) is 0 Å². The van der Waals surface area contributed by atoms with Gasteiger partial charge in [0.25, 0.3) is 0 Å². The molecule has 10 atom stereocenters. The first-order chi connectivity index (χ1) is 21.5. The van der Waals surface area contributed by atoms with Gasteiger partial charge in [-0.25, -0.2) is 0 Å². The van der Waals surface area contributed by atoms with Gasteiger partial charge >= 0.3 is 41.8 Å². The topological polar surface area (TPSA) is 221 Å². The lowest BCUT2D eigenvalue weighted by atomic mass is 9.96. The third kappa shape index (κ3) is 11.5. The molecule has 46 heavy (non-hydrogen) atoms. The molecular weight excluding hydrogens is 624 g/mol. The summed E-state index contributed by atoms with van der Waals surface area (Å²) >= 11 is 0. The van der Waals surface area contributed by atoms with Crippen LogP contribution in [0.4, 0.5) is 0 Å². The zero-order valence-electron chi connectivity index (χ0n) is 26.7. The van der Waals surface area contributed by atoms with Crippen molar-refractivity contribution in [3.8, 4) is 0 Å². The molecule has 260 valence electrons. The highest BCUT2D eigenvalue weighted by atomic mass is 16.8. The lowest BCUT2D eigenvalue weighted by molar-refractivity contribution is -0.360. The number of hydrogen-bond acceptors (Lipinski definition) is 18. The van der Waals surface area contributed by atoms with Crippen LogP contribution in [-0.4, -0.2) is 123 Å². The zero-order chi connectivity index (χ0) is 34.7. The van der Waals surface area contributed by atoms with E-state index in [0.717, 1.165) is 48.5 Å². The normalized spacial score (nSPS) is 30.6. The predicted molar refractivity (Wildman–Crippen MR) is 145 cm³/mol. The van der Waals surface area contributed by atoms with Crippen molar-refractivity contribution < 1.29 is 85.7 Å². The van der Waals surface area contributed by atoms with E-state index < -0.39 is 116 Å². The minimum absolute atomic E-state index is 0.0563. The van der Waals surface area contributed by atoms with Crippen LogP contribution >= 0.6 is 0 Å². The molecule has 0 amide bonds. The molecule has 0 aromatic rings. The van der Waals surface area contributed by atoms with E-state index in [1.807, 2.05) is 0 Å². The Balaban J connectivity index is 2.70. The first-order valence-electron chi connectivity index (χ1n) is 14.2. The van der Waals surface area contributed by atoms with Crippen molar-refractivity contribution in [3.63, 3.8) is 0 Å². The average Bonchev–Trinajstić information content (AvgIpc) is 2.91. The molecular formula is C28H40O18. The molecule has 0 N–H and O–H groups in total. The van der Waals surface area contributed by atoms with Crippen molar-refractivity contribution in [1.29, 1.82) is 0 Å². The number of esters is 7. The van der Waals surface area contributed by atoms with Gasteiger partial charge < -0.3 is 52.1 Å². The van der Waals surface area contributed by atoms with Crippen molar-refractivity contribution in [2.45, 2.75) is 117 Å². The highest BCUT2D eigenvalue weighted by molar-refractivity contribution is 5.69. The molecule has 0 spiro atoms. The van der Waals surface area contributed by atoms with Gasteiger partial charge in [-0.1, -0.05) is 0 Å². The molecule has 0 bridgehead atoms. The van der Waals surface area contributed by atoms with Crippen LogP contribution in [0, 0.1) is 0 Å². The molecule has 0 aromatic carbocycles. The van der Waals surface area contributed by atoms with Gasteiger partial charge in [0.2, 0.25) is 0 Å².